The molecule has 2 aromatic heterocycles. The molecule has 0 atom stereocenters. The first kappa shape index (κ1) is 22.5. The maximum Gasteiger partial charge on any atom is 0.265 e. The maximum atomic E-state index is 13.3. The summed E-state index contributed by atoms with van der Waals surface area (Å²) in [4.78, 5) is 20.6. The van der Waals surface area contributed by atoms with Crippen molar-refractivity contribution in [2.75, 3.05) is 26.2 Å². The molecule has 0 bridgehead atoms. The Kier molecular flexibility index (Phi) is 6.29. The molecule has 9 heteroatoms. The van der Waals surface area contributed by atoms with E-state index in [1.165, 1.54) is 17.8 Å². The van der Waals surface area contributed by atoms with E-state index in [1.807, 2.05) is 30.4 Å². The fraction of sp³-hybridized carbons (Fsp3) is 0.636. The summed E-state index contributed by atoms with van der Waals surface area (Å²) in [7, 11) is -1.68. The van der Waals surface area contributed by atoms with E-state index >= 15 is 0 Å². The van der Waals surface area contributed by atoms with Crippen molar-refractivity contribution in [2.45, 2.75) is 57.8 Å². The number of rotatable bonds is 4. The van der Waals surface area contributed by atoms with E-state index in [4.69, 9.17) is 0 Å². The minimum atomic E-state index is -3.55. The van der Waals surface area contributed by atoms with Crippen LogP contribution in [-0.4, -0.2) is 59.3 Å². The lowest BCUT2D eigenvalue weighted by Crippen LogP contribution is -2.38. The van der Waals surface area contributed by atoms with Crippen molar-refractivity contribution in [3.63, 3.8) is 0 Å². The fourth-order valence-corrected chi connectivity index (χ4v) is 7.27. The van der Waals surface area contributed by atoms with E-state index < -0.39 is 10.0 Å². The molecule has 0 unspecified atom stereocenters. The number of nitrogens with zero attached hydrogens (tertiary/aromatic N) is 4. The van der Waals surface area contributed by atoms with Gasteiger partial charge in [0.25, 0.3) is 5.91 Å². The molecule has 2 aliphatic heterocycles. The first-order chi connectivity index (χ1) is 14.7. The molecule has 0 aromatic carbocycles. The predicted octanol–water partition coefficient (Wildman–Crippen LogP) is 3.81. The van der Waals surface area contributed by atoms with Crippen molar-refractivity contribution in [1.29, 1.82) is 0 Å². The molecule has 0 N–H and O–H groups in total. The van der Waals surface area contributed by atoms with Crippen LogP contribution < -0.4 is 0 Å². The normalized spacial score (nSPS) is 19.2. The highest BCUT2D eigenvalue weighted by atomic mass is 32.2. The summed E-state index contributed by atoms with van der Waals surface area (Å²) in [5, 5.41) is 0.692. The van der Waals surface area contributed by atoms with Crippen LogP contribution in [0.25, 0.3) is 10.7 Å². The molecule has 0 spiro atoms. The molecular formula is C22H32N4O3S2. The Morgan fingerprint density at radius 1 is 1.10 bits per heavy atom. The Labute approximate surface area is 189 Å². The Balaban J connectivity index is 1.65. The van der Waals surface area contributed by atoms with E-state index in [1.54, 1.807) is 10.4 Å². The van der Waals surface area contributed by atoms with Crippen molar-refractivity contribution < 1.29 is 13.2 Å². The highest BCUT2D eigenvalue weighted by molar-refractivity contribution is 7.89. The van der Waals surface area contributed by atoms with Crippen LogP contribution in [0.4, 0.5) is 0 Å². The molecule has 1 amide bonds. The van der Waals surface area contributed by atoms with Gasteiger partial charge in [-0.1, -0.05) is 6.92 Å². The van der Waals surface area contributed by atoms with Gasteiger partial charge in [0.05, 0.1) is 11.4 Å². The van der Waals surface area contributed by atoms with Crippen molar-refractivity contribution in [3.8, 4) is 10.7 Å². The maximum absolute atomic E-state index is 13.3. The zero-order chi connectivity index (χ0) is 22.3. The number of amides is 1. The predicted molar refractivity (Wildman–Crippen MR) is 123 cm³/mol. The van der Waals surface area contributed by atoms with Crippen LogP contribution in [0.1, 0.15) is 60.1 Å². The molecule has 2 saturated heterocycles. The van der Waals surface area contributed by atoms with E-state index in [0.29, 0.717) is 45.2 Å². The summed E-state index contributed by atoms with van der Waals surface area (Å²) >= 11 is 1.37. The molecule has 7 nitrogen and oxygen atoms in total. The number of piperidine rings is 2. The van der Waals surface area contributed by atoms with Crippen LogP contribution in [0, 0.1) is 19.8 Å². The highest BCUT2D eigenvalue weighted by Crippen LogP contribution is 2.35. The Hall–Kier alpha value is -1.71. The van der Waals surface area contributed by atoms with Gasteiger partial charge in [-0.3, -0.25) is 4.79 Å². The second-order valence-electron chi connectivity index (χ2n) is 8.91. The number of hydrogen-bond acceptors (Lipinski definition) is 5. The number of sulfonamides is 1. The van der Waals surface area contributed by atoms with Gasteiger partial charge < -0.3 is 9.47 Å². The Morgan fingerprint density at radius 2 is 1.74 bits per heavy atom. The summed E-state index contributed by atoms with van der Waals surface area (Å²) in [5.74, 6) is 0.607. The summed E-state index contributed by atoms with van der Waals surface area (Å²) in [6.07, 6.45) is 5.05. The molecule has 2 aromatic rings. The van der Waals surface area contributed by atoms with E-state index in [0.717, 1.165) is 44.5 Å². The van der Waals surface area contributed by atoms with Gasteiger partial charge in [-0.15, -0.1) is 11.3 Å². The molecule has 0 aliphatic carbocycles. The van der Waals surface area contributed by atoms with Crippen LogP contribution in [0.15, 0.2) is 11.0 Å². The lowest BCUT2D eigenvalue weighted by molar-refractivity contribution is 0.0728. The number of carbonyl (C=O) groups is 1. The Morgan fingerprint density at radius 3 is 2.39 bits per heavy atom. The van der Waals surface area contributed by atoms with Crippen LogP contribution in [0.3, 0.4) is 0 Å². The minimum absolute atomic E-state index is 0.0437. The topological polar surface area (TPSA) is 75.5 Å². The van der Waals surface area contributed by atoms with Gasteiger partial charge in [-0.2, -0.15) is 4.31 Å². The van der Waals surface area contributed by atoms with Gasteiger partial charge in [-0.05, 0) is 57.9 Å². The second kappa shape index (κ2) is 8.67. The van der Waals surface area contributed by atoms with E-state index in [9.17, 15) is 13.2 Å². The zero-order valence-corrected chi connectivity index (χ0v) is 20.5. The van der Waals surface area contributed by atoms with Crippen LogP contribution >= 0.6 is 11.3 Å². The lowest BCUT2D eigenvalue weighted by Gasteiger charge is -2.29. The average molecular weight is 465 g/mol. The quantitative estimate of drug-likeness (QED) is 0.689. The number of hydrogen-bond donors (Lipinski definition) is 0. The average Bonchev–Trinajstić information content (AvgIpc) is 3.28. The third kappa shape index (κ3) is 4.19. The smallest absolute Gasteiger partial charge is 0.265 e. The molecule has 0 radical (unpaired) electrons. The van der Waals surface area contributed by atoms with Gasteiger partial charge in [0, 0.05) is 38.9 Å². The lowest BCUT2D eigenvalue weighted by atomic mass is 10.0. The highest BCUT2D eigenvalue weighted by Gasteiger charge is 2.32. The number of carbonyl (C=O) groups excluding carboxylic acids is 1. The van der Waals surface area contributed by atoms with Crippen molar-refractivity contribution in [3.05, 3.63) is 22.3 Å². The molecule has 2 fully saturated rings. The fourth-order valence-electron chi connectivity index (χ4n) is 4.45. The summed E-state index contributed by atoms with van der Waals surface area (Å²) in [5.41, 5.74) is 2.15. The first-order valence-corrected chi connectivity index (χ1v) is 13.4. The van der Waals surface area contributed by atoms with E-state index in [-0.39, 0.29) is 5.91 Å². The second-order valence-corrected chi connectivity index (χ2v) is 11.8. The number of thiazole rings is 1. The van der Waals surface area contributed by atoms with Crippen molar-refractivity contribution in [2.24, 2.45) is 13.0 Å². The molecule has 0 saturated carbocycles. The van der Waals surface area contributed by atoms with Crippen LogP contribution in [0.2, 0.25) is 0 Å². The molecule has 4 heterocycles. The molecule has 31 heavy (non-hydrogen) atoms. The van der Waals surface area contributed by atoms with Crippen LogP contribution in [-0.2, 0) is 17.1 Å². The molecule has 170 valence electrons. The van der Waals surface area contributed by atoms with Crippen molar-refractivity contribution in [1.82, 2.24) is 18.8 Å². The molecular weight excluding hydrogens is 432 g/mol. The van der Waals surface area contributed by atoms with Gasteiger partial charge in [-0.25, -0.2) is 13.4 Å². The minimum Gasteiger partial charge on any atom is -0.345 e. The molecule has 4 rings (SSSR count). The molecule has 2 aliphatic rings. The van der Waals surface area contributed by atoms with Crippen molar-refractivity contribution >= 4 is 27.3 Å². The van der Waals surface area contributed by atoms with Gasteiger partial charge in [0.2, 0.25) is 10.0 Å². The summed E-state index contributed by atoms with van der Waals surface area (Å²) in [6, 6.07) is 1.73. The first-order valence-electron chi connectivity index (χ1n) is 11.1. The Bertz CT molecular complexity index is 1070. The van der Waals surface area contributed by atoms with Gasteiger partial charge in [0.15, 0.2) is 0 Å². The number of likely N-dealkylation sites (tertiary alicyclic amines) is 1. The third-order valence-corrected chi connectivity index (χ3v) is 9.88. The largest absolute Gasteiger partial charge is 0.345 e. The number of aromatic nitrogens is 2. The number of aryl methyl sites for hydroxylation is 1. The SMILES string of the molecule is Cc1nc(-c2cc(S(=O)(=O)N3CCC(C)CC3)c(C)n2C)sc1C(=O)N1CCCCC1. The van der Waals surface area contributed by atoms with Gasteiger partial charge in [0.1, 0.15) is 14.8 Å². The van der Waals surface area contributed by atoms with Gasteiger partial charge >= 0.3 is 0 Å². The third-order valence-electron chi connectivity index (χ3n) is 6.70. The standard InChI is InChI=1S/C22H32N4O3S2/c1-15-8-12-26(13-9-15)31(28,29)19-14-18(24(4)17(19)3)21-23-16(2)20(30-21)22(27)25-10-6-5-7-11-25/h14-15H,5-13H2,1-4H3. The monoisotopic (exact) mass is 464 g/mol. The summed E-state index contributed by atoms with van der Waals surface area (Å²) in [6.45, 7) is 8.60. The summed E-state index contributed by atoms with van der Waals surface area (Å²) < 4.78 is 30.2. The zero-order valence-electron chi connectivity index (χ0n) is 18.8. The van der Waals surface area contributed by atoms with E-state index in [2.05, 4.69) is 11.9 Å². The van der Waals surface area contributed by atoms with Crippen LogP contribution in [0.5, 0.6) is 0 Å².